The fourth-order valence-electron chi connectivity index (χ4n) is 5.26. The lowest BCUT2D eigenvalue weighted by atomic mass is 9.52. The SMILES string of the molecule is N#CC1=CN(C23CC4CC(CC(C4)C2)C3)C(=O)C1=O. The molecule has 4 nitrogen and oxygen atoms in total. The normalized spacial score (nSPS) is 43.6. The van der Waals surface area contributed by atoms with E-state index < -0.39 is 11.7 Å². The van der Waals surface area contributed by atoms with Gasteiger partial charge in [0.2, 0.25) is 0 Å². The summed E-state index contributed by atoms with van der Waals surface area (Å²) in [4.78, 5) is 25.6. The molecular formula is C15H16N2O2. The van der Waals surface area contributed by atoms with Crippen LogP contribution < -0.4 is 0 Å². The van der Waals surface area contributed by atoms with Crippen molar-refractivity contribution in [3.63, 3.8) is 0 Å². The summed E-state index contributed by atoms with van der Waals surface area (Å²) in [6.07, 6.45) is 8.48. The topological polar surface area (TPSA) is 61.2 Å². The maximum absolute atomic E-state index is 12.2. The smallest absolute Gasteiger partial charge is 0.300 e. The average Bonchev–Trinajstić information content (AvgIpc) is 2.65. The van der Waals surface area contributed by atoms with Crippen molar-refractivity contribution in [3.8, 4) is 6.07 Å². The molecule has 0 aromatic heterocycles. The van der Waals surface area contributed by atoms with Crippen LogP contribution in [-0.4, -0.2) is 22.1 Å². The third kappa shape index (κ3) is 1.39. The molecule has 0 radical (unpaired) electrons. The van der Waals surface area contributed by atoms with Crippen molar-refractivity contribution in [2.24, 2.45) is 17.8 Å². The zero-order valence-electron chi connectivity index (χ0n) is 10.8. The highest BCUT2D eigenvalue weighted by Crippen LogP contribution is 2.58. The molecule has 0 N–H and O–H groups in total. The Morgan fingerprint density at radius 2 is 1.63 bits per heavy atom. The molecular weight excluding hydrogens is 240 g/mol. The first-order valence-electron chi connectivity index (χ1n) is 7.11. The molecule has 0 saturated heterocycles. The predicted molar refractivity (Wildman–Crippen MR) is 66.5 cm³/mol. The molecule has 4 heteroatoms. The molecule has 19 heavy (non-hydrogen) atoms. The Labute approximate surface area is 112 Å². The number of rotatable bonds is 1. The quantitative estimate of drug-likeness (QED) is 0.672. The van der Waals surface area contributed by atoms with Gasteiger partial charge in [-0.05, 0) is 56.3 Å². The lowest BCUT2D eigenvalue weighted by Crippen LogP contribution is -2.59. The first kappa shape index (κ1) is 11.2. The van der Waals surface area contributed by atoms with Gasteiger partial charge in [0.05, 0.1) is 0 Å². The molecule has 0 aromatic rings. The van der Waals surface area contributed by atoms with Gasteiger partial charge in [-0.3, -0.25) is 9.59 Å². The average molecular weight is 256 g/mol. The van der Waals surface area contributed by atoms with Gasteiger partial charge in [-0.2, -0.15) is 5.26 Å². The second-order valence-electron chi connectivity index (χ2n) is 6.80. The summed E-state index contributed by atoms with van der Waals surface area (Å²) in [5.74, 6) is 1.06. The number of hydrogen-bond acceptors (Lipinski definition) is 3. The van der Waals surface area contributed by atoms with Crippen LogP contribution in [0.15, 0.2) is 11.8 Å². The van der Waals surface area contributed by atoms with Crippen LogP contribution in [0.25, 0.3) is 0 Å². The molecule has 4 bridgehead atoms. The van der Waals surface area contributed by atoms with Crippen LogP contribution in [0.4, 0.5) is 0 Å². The molecule has 5 aliphatic rings. The highest BCUT2D eigenvalue weighted by molar-refractivity contribution is 6.46. The Morgan fingerprint density at radius 1 is 1.11 bits per heavy atom. The van der Waals surface area contributed by atoms with Gasteiger partial charge < -0.3 is 4.90 Å². The molecule has 4 aliphatic carbocycles. The summed E-state index contributed by atoms with van der Waals surface area (Å²) in [7, 11) is 0. The number of Topliss-reactive ketones (excluding diaryl/α,β-unsaturated/α-hetero) is 1. The Hall–Kier alpha value is -1.63. The number of hydrogen-bond donors (Lipinski definition) is 0. The van der Waals surface area contributed by atoms with Crippen LogP contribution >= 0.6 is 0 Å². The van der Waals surface area contributed by atoms with Crippen LogP contribution in [0.3, 0.4) is 0 Å². The maximum Gasteiger partial charge on any atom is 0.300 e. The summed E-state index contributed by atoms with van der Waals surface area (Å²) in [5.41, 5.74) is -0.138. The number of nitrogens with zero attached hydrogens (tertiary/aromatic N) is 2. The number of nitriles is 1. The number of ketones is 1. The standard InChI is InChI=1S/C15H16N2O2/c16-7-12-8-17(14(19)13(12)18)15-4-9-1-10(5-15)3-11(2-9)6-15/h8-11H,1-6H2. The van der Waals surface area contributed by atoms with Crippen molar-refractivity contribution in [2.45, 2.75) is 44.1 Å². The molecule has 0 atom stereocenters. The number of carbonyl (C=O) groups is 2. The van der Waals surface area contributed by atoms with E-state index in [2.05, 4.69) is 0 Å². The van der Waals surface area contributed by atoms with Crippen LogP contribution in [0.2, 0.25) is 0 Å². The minimum Gasteiger partial charge on any atom is -0.305 e. The van der Waals surface area contributed by atoms with Crippen molar-refractivity contribution < 1.29 is 9.59 Å². The lowest BCUT2D eigenvalue weighted by molar-refractivity contribution is -0.149. The summed E-state index contributed by atoms with van der Waals surface area (Å²) < 4.78 is 0. The van der Waals surface area contributed by atoms with Crippen molar-refractivity contribution in [3.05, 3.63) is 11.8 Å². The molecule has 0 aromatic carbocycles. The van der Waals surface area contributed by atoms with Crippen LogP contribution in [0.1, 0.15) is 38.5 Å². The molecule has 0 unspecified atom stereocenters. The van der Waals surface area contributed by atoms with E-state index in [-0.39, 0.29) is 11.1 Å². The van der Waals surface area contributed by atoms with E-state index >= 15 is 0 Å². The molecule has 0 spiro atoms. The van der Waals surface area contributed by atoms with E-state index in [1.54, 1.807) is 4.90 Å². The van der Waals surface area contributed by atoms with Gasteiger partial charge in [0.25, 0.3) is 11.7 Å². The molecule has 1 aliphatic heterocycles. The summed E-state index contributed by atoms with van der Waals surface area (Å²) in [5, 5.41) is 8.94. The van der Waals surface area contributed by atoms with Gasteiger partial charge in [-0.15, -0.1) is 0 Å². The van der Waals surface area contributed by atoms with Crippen LogP contribution in [-0.2, 0) is 9.59 Å². The van der Waals surface area contributed by atoms with Gasteiger partial charge in [-0.25, -0.2) is 0 Å². The molecule has 4 saturated carbocycles. The fourth-order valence-corrected chi connectivity index (χ4v) is 5.26. The first-order valence-corrected chi connectivity index (χ1v) is 7.11. The highest BCUT2D eigenvalue weighted by atomic mass is 16.2. The zero-order chi connectivity index (χ0) is 13.2. The second kappa shape index (κ2) is 3.47. The van der Waals surface area contributed by atoms with E-state index in [1.165, 1.54) is 25.5 Å². The zero-order valence-corrected chi connectivity index (χ0v) is 10.8. The Balaban J connectivity index is 1.73. The van der Waals surface area contributed by atoms with E-state index in [4.69, 9.17) is 5.26 Å². The third-order valence-electron chi connectivity index (χ3n) is 5.55. The largest absolute Gasteiger partial charge is 0.305 e. The predicted octanol–water partition coefficient (Wildman–Crippen LogP) is 1.77. The molecule has 5 rings (SSSR count). The van der Waals surface area contributed by atoms with Crippen molar-refractivity contribution >= 4 is 11.7 Å². The fraction of sp³-hybridized carbons (Fsp3) is 0.667. The Morgan fingerprint density at radius 3 is 2.05 bits per heavy atom. The van der Waals surface area contributed by atoms with Gasteiger partial charge in [0, 0.05) is 11.7 Å². The minimum atomic E-state index is -0.613. The first-order chi connectivity index (χ1) is 9.11. The monoisotopic (exact) mass is 256 g/mol. The van der Waals surface area contributed by atoms with E-state index in [0.717, 1.165) is 19.3 Å². The lowest BCUT2D eigenvalue weighted by Gasteiger charge is -2.59. The van der Waals surface area contributed by atoms with Gasteiger partial charge >= 0.3 is 0 Å². The number of carbonyl (C=O) groups excluding carboxylic acids is 2. The Bertz CT molecular complexity index is 520. The van der Waals surface area contributed by atoms with Gasteiger partial charge in [-0.1, -0.05) is 0 Å². The molecule has 4 fully saturated rings. The van der Waals surface area contributed by atoms with Gasteiger partial charge in [0.15, 0.2) is 0 Å². The van der Waals surface area contributed by atoms with E-state index in [9.17, 15) is 9.59 Å². The second-order valence-corrected chi connectivity index (χ2v) is 6.80. The number of amides is 1. The maximum atomic E-state index is 12.2. The minimum absolute atomic E-state index is 0.0146. The molecule has 98 valence electrons. The van der Waals surface area contributed by atoms with Crippen molar-refractivity contribution in [2.75, 3.05) is 0 Å². The Kier molecular flexibility index (Phi) is 2.05. The van der Waals surface area contributed by atoms with Crippen molar-refractivity contribution in [1.29, 1.82) is 5.26 Å². The summed E-state index contributed by atoms with van der Waals surface area (Å²) in [6, 6.07) is 1.86. The van der Waals surface area contributed by atoms with E-state index in [0.29, 0.717) is 17.8 Å². The van der Waals surface area contributed by atoms with E-state index in [1.807, 2.05) is 6.07 Å². The van der Waals surface area contributed by atoms with Gasteiger partial charge in [0.1, 0.15) is 11.6 Å². The van der Waals surface area contributed by atoms with Crippen LogP contribution in [0.5, 0.6) is 0 Å². The highest BCUT2D eigenvalue weighted by Gasteiger charge is 2.56. The summed E-state index contributed by atoms with van der Waals surface area (Å²) >= 11 is 0. The van der Waals surface area contributed by atoms with Crippen LogP contribution in [0, 0.1) is 29.1 Å². The molecule has 1 amide bonds. The molecule has 1 heterocycles. The summed E-state index contributed by atoms with van der Waals surface area (Å²) in [6.45, 7) is 0. The third-order valence-corrected chi connectivity index (χ3v) is 5.55. The van der Waals surface area contributed by atoms with Crippen molar-refractivity contribution in [1.82, 2.24) is 4.90 Å².